The van der Waals surface area contributed by atoms with Crippen molar-refractivity contribution in [2.24, 2.45) is 0 Å². The van der Waals surface area contributed by atoms with Gasteiger partial charge in [0.05, 0.1) is 0 Å². The van der Waals surface area contributed by atoms with Crippen LogP contribution < -0.4 is 4.74 Å². The first kappa shape index (κ1) is 12.2. The van der Waals surface area contributed by atoms with Gasteiger partial charge < -0.3 is 4.74 Å². The minimum absolute atomic E-state index is 0.0257. The monoisotopic (exact) mass is 254 g/mol. The highest BCUT2D eigenvalue weighted by atomic mass is 35.5. The molecule has 0 atom stereocenters. The number of halogens is 4. The summed E-state index contributed by atoms with van der Waals surface area (Å²) in [5.74, 6) is -0.510. The summed E-state index contributed by atoms with van der Waals surface area (Å²) in [5.41, 5.74) is 0.242. The Morgan fingerprint density at radius 3 is 2.13 bits per heavy atom. The number of carbonyl (C=O) groups is 1. The largest absolute Gasteiger partial charge is 0.435 e. The van der Waals surface area contributed by atoms with Crippen molar-refractivity contribution in [2.45, 2.75) is 11.4 Å². The van der Waals surface area contributed by atoms with Gasteiger partial charge in [-0.2, -0.15) is 8.78 Å². The molecule has 6 heteroatoms. The van der Waals surface area contributed by atoms with Crippen molar-refractivity contribution in [3.8, 4) is 5.75 Å². The lowest BCUT2D eigenvalue weighted by Crippen LogP contribution is -2.08. The maximum absolute atomic E-state index is 11.8. The van der Waals surface area contributed by atoms with Crippen LogP contribution in [-0.4, -0.2) is 17.2 Å². The van der Waals surface area contributed by atoms with Crippen LogP contribution in [0.1, 0.15) is 10.4 Å². The molecule has 0 aliphatic rings. The molecule has 0 saturated carbocycles. The van der Waals surface area contributed by atoms with E-state index in [1.807, 2.05) is 0 Å². The summed E-state index contributed by atoms with van der Waals surface area (Å²) in [5, 5.41) is 0. The predicted octanol–water partition coefficient (Wildman–Crippen LogP) is 3.27. The van der Waals surface area contributed by atoms with E-state index in [0.717, 1.165) is 0 Å². The summed E-state index contributed by atoms with van der Waals surface area (Å²) in [4.78, 5) is 10.1. The van der Waals surface area contributed by atoms with Crippen molar-refractivity contribution in [2.75, 3.05) is 0 Å². The van der Waals surface area contributed by atoms with Crippen molar-refractivity contribution >= 4 is 29.0 Å². The Labute approximate surface area is 94.7 Å². The fraction of sp³-hybridized carbons (Fsp3) is 0.222. The number of ether oxygens (including phenoxy) is 1. The van der Waals surface area contributed by atoms with Gasteiger partial charge >= 0.3 is 6.61 Å². The van der Waals surface area contributed by atoms with Crippen LogP contribution in [0.4, 0.5) is 8.78 Å². The molecule has 15 heavy (non-hydrogen) atoms. The number of ketones is 1. The Morgan fingerprint density at radius 1 is 1.20 bits per heavy atom. The van der Waals surface area contributed by atoms with E-state index in [0.29, 0.717) is 0 Å². The Balaban J connectivity index is 2.76. The van der Waals surface area contributed by atoms with E-state index < -0.39 is 17.2 Å². The highest BCUT2D eigenvalue weighted by Gasteiger charge is 2.14. The number of rotatable bonds is 4. The van der Waals surface area contributed by atoms with E-state index in [9.17, 15) is 13.6 Å². The fourth-order valence-corrected chi connectivity index (χ4v) is 1.18. The zero-order valence-corrected chi connectivity index (χ0v) is 8.80. The average molecular weight is 255 g/mol. The minimum atomic E-state index is -2.89. The summed E-state index contributed by atoms with van der Waals surface area (Å²) in [7, 11) is 0. The third-order valence-corrected chi connectivity index (χ3v) is 1.96. The van der Waals surface area contributed by atoms with Gasteiger partial charge in [0, 0.05) is 5.56 Å². The summed E-state index contributed by atoms with van der Waals surface area (Å²) in [6.07, 6.45) is 0. The molecule has 0 bridgehead atoms. The van der Waals surface area contributed by atoms with Crippen LogP contribution >= 0.6 is 23.2 Å². The molecule has 0 saturated heterocycles. The van der Waals surface area contributed by atoms with Crippen LogP contribution in [-0.2, 0) is 0 Å². The molecule has 0 fully saturated rings. The molecular formula is C9H6Cl2F2O2. The maximum atomic E-state index is 11.8. The number of benzene rings is 1. The smallest absolute Gasteiger partial charge is 0.387 e. The number of carbonyl (C=O) groups excluding carboxylic acids is 1. The molecule has 1 rings (SSSR count). The molecular weight excluding hydrogens is 249 g/mol. The number of hydrogen-bond donors (Lipinski definition) is 0. The van der Waals surface area contributed by atoms with Crippen LogP contribution in [0.5, 0.6) is 5.75 Å². The van der Waals surface area contributed by atoms with E-state index in [4.69, 9.17) is 23.2 Å². The van der Waals surface area contributed by atoms with Crippen molar-refractivity contribution in [3.05, 3.63) is 29.8 Å². The lowest BCUT2D eigenvalue weighted by Gasteiger charge is -2.05. The van der Waals surface area contributed by atoms with Gasteiger partial charge in [0.25, 0.3) is 0 Å². The average Bonchev–Trinajstić information content (AvgIpc) is 2.17. The molecule has 82 valence electrons. The first-order valence-electron chi connectivity index (χ1n) is 3.88. The predicted molar refractivity (Wildman–Crippen MR) is 52.9 cm³/mol. The Hall–Kier alpha value is -0.870. The van der Waals surface area contributed by atoms with Crippen molar-refractivity contribution < 1.29 is 18.3 Å². The summed E-state index contributed by atoms with van der Waals surface area (Å²) >= 11 is 10.7. The van der Waals surface area contributed by atoms with Crippen LogP contribution in [0, 0.1) is 0 Å². The van der Waals surface area contributed by atoms with E-state index in [1.165, 1.54) is 24.3 Å². The zero-order valence-electron chi connectivity index (χ0n) is 7.29. The molecule has 0 radical (unpaired) electrons. The normalized spacial score (nSPS) is 10.8. The first-order chi connectivity index (χ1) is 7.00. The van der Waals surface area contributed by atoms with E-state index in [-0.39, 0.29) is 11.3 Å². The molecule has 0 aromatic heterocycles. The Bertz CT molecular complexity index is 338. The molecule has 0 N–H and O–H groups in total. The zero-order chi connectivity index (χ0) is 11.4. The Kier molecular flexibility index (Phi) is 4.29. The van der Waals surface area contributed by atoms with Gasteiger partial charge in [-0.05, 0) is 24.3 Å². The molecule has 0 aliphatic carbocycles. The number of Topliss-reactive ketones (excluding diaryl/α,β-unsaturated/α-hetero) is 1. The highest BCUT2D eigenvalue weighted by Crippen LogP contribution is 2.17. The molecule has 0 spiro atoms. The van der Waals surface area contributed by atoms with Crippen molar-refractivity contribution in [3.63, 3.8) is 0 Å². The molecule has 0 amide bonds. The second kappa shape index (κ2) is 5.28. The standard InChI is InChI=1S/C9H6Cl2F2O2/c10-8(11)7(14)5-1-3-6(4-2-5)15-9(12)13/h1-4,8-9H. The summed E-state index contributed by atoms with van der Waals surface area (Å²) < 4.78 is 27.7. The second-order valence-corrected chi connectivity index (χ2v) is 3.66. The van der Waals surface area contributed by atoms with Gasteiger partial charge in [-0.25, -0.2) is 0 Å². The molecule has 0 aliphatic heterocycles. The van der Waals surface area contributed by atoms with E-state index >= 15 is 0 Å². The van der Waals surface area contributed by atoms with E-state index in [1.54, 1.807) is 0 Å². The van der Waals surface area contributed by atoms with Crippen LogP contribution in [0.3, 0.4) is 0 Å². The van der Waals surface area contributed by atoms with E-state index in [2.05, 4.69) is 4.74 Å². The first-order valence-corrected chi connectivity index (χ1v) is 4.75. The topological polar surface area (TPSA) is 26.3 Å². The number of alkyl halides is 4. The van der Waals surface area contributed by atoms with Crippen LogP contribution in [0.25, 0.3) is 0 Å². The summed E-state index contributed by atoms with van der Waals surface area (Å²) in [6, 6.07) is 5.13. The minimum Gasteiger partial charge on any atom is -0.435 e. The quantitative estimate of drug-likeness (QED) is 0.609. The molecule has 2 nitrogen and oxygen atoms in total. The number of hydrogen-bond acceptors (Lipinski definition) is 2. The lowest BCUT2D eigenvalue weighted by atomic mass is 10.1. The van der Waals surface area contributed by atoms with Crippen LogP contribution in [0.2, 0.25) is 0 Å². The Morgan fingerprint density at radius 2 is 1.73 bits per heavy atom. The molecule has 0 unspecified atom stereocenters. The third kappa shape index (κ3) is 3.64. The molecule has 1 aromatic carbocycles. The third-order valence-electron chi connectivity index (χ3n) is 1.56. The van der Waals surface area contributed by atoms with Gasteiger partial charge in [-0.3, -0.25) is 4.79 Å². The van der Waals surface area contributed by atoms with Crippen LogP contribution in [0.15, 0.2) is 24.3 Å². The lowest BCUT2D eigenvalue weighted by molar-refractivity contribution is -0.0498. The molecule has 1 aromatic rings. The SMILES string of the molecule is O=C(c1ccc(OC(F)F)cc1)C(Cl)Cl. The van der Waals surface area contributed by atoms with Crippen molar-refractivity contribution in [1.29, 1.82) is 0 Å². The highest BCUT2D eigenvalue weighted by molar-refractivity contribution is 6.55. The summed E-state index contributed by atoms with van der Waals surface area (Å²) in [6.45, 7) is -2.89. The van der Waals surface area contributed by atoms with Gasteiger partial charge in [0.2, 0.25) is 0 Å². The van der Waals surface area contributed by atoms with Gasteiger partial charge in [-0.15, -0.1) is 0 Å². The van der Waals surface area contributed by atoms with Crippen molar-refractivity contribution in [1.82, 2.24) is 0 Å². The van der Waals surface area contributed by atoms with Gasteiger partial charge in [0.15, 0.2) is 10.6 Å². The molecule has 0 heterocycles. The fourth-order valence-electron chi connectivity index (χ4n) is 0.927. The maximum Gasteiger partial charge on any atom is 0.387 e. The van der Waals surface area contributed by atoms with Gasteiger partial charge in [0.1, 0.15) is 5.75 Å². The second-order valence-electron chi connectivity index (χ2n) is 2.57. The van der Waals surface area contributed by atoms with Gasteiger partial charge in [-0.1, -0.05) is 23.2 Å².